The van der Waals surface area contributed by atoms with E-state index in [4.69, 9.17) is 5.11 Å². The van der Waals surface area contributed by atoms with Crippen LogP contribution in [0.15, 0.2) is 30.3 Å². The Bertz CT molecular complexity index is 377. The lowest BCUT2D eigenvalue weighted by atomic mass is 10.2. The van der Waals surface area contributed by atoms with Crippen molar-refractivity contribution in [1.82, 2.24) is 4.90 Å². The molecule has 0 aromatic heterocycles. The van der Waals surface area contributed by atoms with Gasteiger partial charge < -0.3 is 5.11 Å². The van der Waals surface area contributed by atoms with E-state index in [0.717, 1.165) is 25.1 Å². The van der Waals surface area contributed by atoms with Crippen molar-refractivity contribution in [2.75, 3.05) is 19.7 Å². The molecule has 0 amide bonds. The standard InChI is InChI=1S/C14H17NO/c16-12-14-9-5-11-15(14)10-4-8-13-6-2-1-3-7-13/h1-3,6-7,14,16H,5,9-12H2/t14-/m0/s1. The molecule has 0 radical (unpaired) electrons. The lowest BCUT2D eigenvalue weighted by Gasteiger charge is -2.19. The van der Waals surface area contributed by atoms with Crippen LogP contribution < -0.4 is 0 Å². The maximum Gasteiger partial charge on any atom is 0.0608 e. The fraction of sp³-hybridized carbons (Fsp3) is 0.429. The van der Waals surface area contributed by atoms with Crippen LogP contribution in [0.25, 0.3) is 0 Å². The first-order valence-electron chi connectivity index (χ1n) is 5.79. The monoisotopic (exact) mass is 215 g/mol. The maximum absolute atomic E-state index is 9.16. The molecule has 16 heavy (non-hydrogen) atoms. The van der Waals surface area contributed by atoms with Crippen LogP contribution >= 0.6 is 0 Å². The van der Waals surface area contributed by atoms with E-state index in [0.29, 0.717) is 6.04 Å². The van der Waals surface area contributed by atoms with Crippen molar-refractivity contribution < 1.29 is 5.11 Å². The Morgan fingerprint density at radius 3 is 2.88 bits per heavy atom. The van der Waals surface area contributed by atoms with Gasteiger partial charge in [-0.2, -0.15) is 0 Å². The third-order valence-electron chi connectivity index (χ3n) is 3.00. The van der Waals surface area contributed by atoms with E-state index >= 15 is 0 Å². The first-order chi connectivity index (χ1) is 7.90. The van der Waals surface area contributed by atoms with Crippen molar-refractivity contribution in [2.24, 2.45) is 0 Å². The average molecular weight is 215 g/mol. The molecule has 2 rings (SSSR count). The zero-order valence-corrected chi connectivity index (χ0v) is 9.39. The smallest absolute Gasteiger partial charge is 0.0608 e. The normalized spacial score (nSPS) is 20.4. The fourth-order valence-corrected chi connectivity index (χ4v) is 2.07. The summed E-state index contributed by atoms with van der Waals surface area (Å²) in [6.07, 6.45) is 2.28. The molecular formula is C14H17NO. The first kappa shape index (κ1) is 11.2. The highest BCUT2D eigenvalue weighted by molar-refractivity contribution is 5.33. The van der Waals surface area contributed by atoms with Crippen LogP contribution in [0, 0.1) is 11.8 Å². The van der Waals surface area contributed by atoms with Gasteiger partial charge in [0, 0.05) is 11.6 Å². The van der Waals surface area contributed by atoms with Crippen LogP contribution in [0.4, 0.5) is 0 Å². The molecule has 0 bridgehead atoms. The van der Waals surface area contributed by atoms with Gasteiger partial charge in [-0.15, -0.1) is 0 Å². The molecular weight excluding hydrogens is 198 g/mol. The predicted molar refractivity (Wildman–Crippen MR) is 65.0 cm³/mol. The fourth-order valence-electron chi connectivity index (χ4n) is 2.07. The Morgan fingerprint density at radius 1 is 1.31 bits per heavy atom. The molecule has 0 spiro atoms. The zero-order chi connectivity index (χ0) is 11.2. The second-order valence-electron chi connectivity index (χ2n) is 4.12. The topological polar surface area (TPSA) is 23.5 Å². The molecule has 0 saturated carbocycles. The van der Waals surface area contributed by atoms with E-state index in [1.807, 2.05) is 30.3 Å². The Hall–Kier alpha value is -1.30. The third kappa shape index (κ3) is 2.85. The summed E-state index contributed by atoms with van der Waals surface area (Å²) in [7, 11) is 0. The van der Waals surface area contributed by atoms with E-state index in [2.05, 4.69) is 16.7 Å². The van der Waals surface area contributed by atoms with Gasteiger partial charge in [0.25, 0.3) is 0 Å². The number of nitrogens with zero attached hydrogens (tertiary/aromatic N) is 1. The van der Waals surface area contributed by atoms with Crippen molar-refractivity contribution in [1.29, 1.82) is 0 Å². The van der Waals surface area contributed by atoms with Crippen LogP contribution in [0.5, 0.6) is 0 Å². The Balaban J connectivity index is 1.90. The minimum atomic E-state index is 0.257. The van der Waals surface area contributed by atoms with Gasteiger partial charge in [-0.05, 0) is 31.5 Å². The van der Waals surface area contributed by atoms with Gasteiger partial charge in [0.2, 0.25) is 0 Å². The van der Waals surface area contributed by atoms with E-state index in [1.165, 1.54) is 6.42 Å². The van der Waals surface area contributed by atoms with E-state index in [-0.39, 0.29) is 6.61 Å². The Kier molecular flexibility index (Phi) is 3.98. The quantitative estimate of drug-likeness (QED) is 0.756. The zero-order valence-electron chi connectivity index (χ0n) is 9.39. The van der Waals surface area contributed by atoms with Gasteiger partial charge >= 0.3 is 0 Å². The predicted octanol–water partition coefficient (Wildman–Crippen LogP) is 1.49. The largest absolute Gasteiger partial charge is 0.395 e. The van der Waals surface area contributed by atoms with Crippen molar-refractivity contribution >= 4 is 0 Å². The molecule has 84 valence electrons. The summed E-state index contributed by atoms with van der Waals surface area (Å²) in [5.41, 5.74) is 1.06. The number of hydrogen-bond acceptors (Lipinski definition) is 2. The molecule has 1 aliphatic heterocycles. The summed E-state index contributed by atoms with van der Waals surface area (Å²) < 4.78 is 0. The second kappa shape index (κ2) is 5.69. The van der Waals surface area contributed by atoms with Crippen molar-refractivity contribution in [2.45, 2.75) is 18.9 Å². The van der Waals surface area contributed by atoms with E-state index < -0.39 is 0 Å². The Morgan fingerprint density at radius 2 is 2.12 bits per heavy atom. The van der Waals surface area contributed by atoms with Gasteiger partial charge in [0.1, 0.15) is 0 Å². The van der Waals surface area contributed by atoms with Crippen LogP contribution in [0.1, 0.15) is 18.4 Å². The average Bonchev–Trinajstić information content (AvgIpc) is 2.78. The molecule has 1 aliphatic rings. The third-order valence-corrected chi connectivity index (χ3v) is 3.00. The number of benzene rings is 1. The summed E-state index contributed by atoms with van der Waals surface area (Å²) in [5.74, 6) is 6.32. The van der Waals surface area contributed by atoms with Gasteiger partial charge in [0.05, 0.1) is 13.2 Å². The van der Waals surface area contributed by atoms with Crippen molar-refractivity contribution in [3.63, 3.8) is 0 Å². The van der Waals surface area contributed by atoms with Gasteiger partial charge in [-0.3, -0.25) is 4.90 Å². The molecule has 1 aromatic carbocycles. The number of aliphatic hydroxyl groups is 1. The summed E-state index contributed by atoms with van der Waals surface area (Å²) >= 11 is 0. The Labute approximate surface area is 96.9 Å². The van der Waals surface area contributed by atoms with Crippen LogP contribution in [-0.2, 0) is 0 Å². The molecule has 0 aliphatic carbocycles. The molecule has 1 heterocycles. The van der Waals surface area contributed by atoms with Gasteiger partial charge in [-0.25, -0.2) is 0 Å². The van der Waals surface area contributed by atoms with Crippen LogP contribution in [0.2, 0.25) is 0 Å². The van der Waals surface area contributed by atoms with Crippen molar-refractivity contribution in [3.8, 4) is 11.8 Å². The lowest BCUT2D eigenvalue weighted by molar-refractivity contribution is 0.171. The number of hydrogen-bond donors (Lipinski definition) is 1. The molecule has 1 atom stereocenters. The van der Waals surface area contributed by atoms with E-state index in [9.17, 15) is 0 Å². The van der Waals surface area contributed by atoms with Crippen molar-refractivity contribution in [3.05, 3.63) is 35.9 Å². The highest BCUT2D eigenvalue weighted by Crippen LogP contribution is 2.15. The molecule has 0 unspecified atom stereocenters. The van der Waals surface area contributed by atoms with Gasteiger partial charge in [0.15, 0.2) is 0 Å². The highest BCUT2D eigenvalue weighted by Gasteiger charge is 2.22. The number of aliphatic hydroxyl groups excluding tert-OH is 1. The van der Waals surface area contributed by atoms with E-state index in [1.54, 1.807) is 0 Å². The van der Waals surface area contributed by atoms with Crippen LogP contribution in [-0.4, -0.2) is 35.7 Å². The summed E-state index contributed by atoms with van der Waals surface area (Å²) in [6, 6.07) is 10.3. The molecule has 1 aromatic rings. The summed E-state index contributed by atoms with van der Waals surface area (Å²) in [4.78, 5) is 2.26. The number of likely N-dealkylation sites (tertiary alicyclic amines) is 1. The molecule has 2 heteroatoms. The molecule has 1 fully saturated rings. The summed E-state index contributed by atoms with van der Waals surface area (Å²) in [6.45, 7) is 2.09. The first-order valence-corrected chi connectivity index (χ1v) is 5.79. The molecule has 1 N–H and O–H groups in total. The highest BCUT2D eigenvalue weighted by atomic mass is 16.3. The minimum Gasteiger partial charge on any atom is -0.395 e. The number of rotatable bonds is 2. The lowest BCUT2D eigenvalue weighted by Crippen LogP contribution is -2.32. The minimum absolute atomic E-state index is 0.257. The second-order valence-corrected chi connectivity index (χ2v) is 4.12. The SMILES string of the molecule is OC[C@@H]1CCCN1CC#Cc1ccccc1. The molecule has 1 saturated heterocycles. The van der Waals surface area contributed by atoms with Gasteiger partial charge in [-0.1, -0.05) is 30.0 Å². The van der Waals surface area contributed by atoms with Crippen LogP contribution in [0.3, 0.4) is 0 Å². The molecule has 2 nitrogen and oxygen atoms in total. The summed E-state index contributed by atoms with van der Waals surface area (Å²) in [5, 5.41) is 9.16. The maximum atomic E-state index is 9.16.